The summed E-state index contributed by atoms with van der Waals surface area (Å²) in [6, 6.07) is 0. The highest BCUT2D eigenvalue weighted by Gasteiger charge is 2.33. The van der Waals surface area contributed by atoms with Crippen LogP contribution in [0.25, 0.3) is 0 Å². The number of nitrogens with zero attached hydrogens (tertiary/aromatic N) is 4. The lowest BCUT2D eigenvalue weighted by Gasteiger charge is -2.23. The van der Waals surface area contributed by atoms with Gasteiger partial charge in [0.25, 0.3) is 0 Å². The predicted molar refractivity (Wildman–Crippen MR) is 253 cm³/mol. The highest BCUT2D eigenvalue weighted by molar-refractivity contribution is 5.97. The monoisotopic (exact) mass is 908 g/mol. The van der Waals surface area contributed by atoms with Crippen LogP contribution in [-0.2, 0) is 38.4 Å². The minimum absolute atomic E-state index is 0.0954. The van der Waals surface area contributed by atoms with Crippen LogP contribution in [-0.4, -0.2) is 181 Å². The van der Waals surface area contributed by atoms with Crippen molar-refractivity contribution in [3.8, 4) is 0 Å². The minimum Gasteiger partial charge on any atom is -0.356 e. The van der Waals surface area contributed by atoms with Gasteiger partial charge in [0.2, 0.25) is 29.5 Å². The van der Waals surface area contributed by atoms with Gasteiger partial charge in [-0.3, -0.25) is 38.4 Å². The average Bonchev–Trinajstić information content (AvgIpc) is 3.23. The molecule has 17 heteroatoms. The first kappa shape index (κ1) is 60.2. The molecule has 0 fully saturated rings. The number of hydrogen-bond donors (Lipinski definition) is 5. The van der Waals surface area contributed by atoms with Crippen molar-refractivity contribution in [2.45, 2.75) is 118 Å². The van der Waals surface area contributed by atoms with Crippen LogP contribution >= 0.6 is 0 Å². The molecule has 0 rings (SSSR count). The van der Waals surface area contributed by atoms with Gasteiger partial charge >= 0.3 is 0 Å². The third kappa shape index (κ3) is 30.4. The van der Waals surface area contributed by atoms with Gasteiger partial charge in [0.15, 0.2) is 0 Å². The van der Waals surface area contributed by atoms with Crippen molar-refractivity contribution in [2.75, 3.05) is 114 Å². The molecule has 0 aliphatic heterocycles. The van der Waals surface area contributed by atoms with E-state index in [2.05, 4.69) is 36.4 Å². The fraction of sp³-hybridized carbons (Fsp3) is 0.830. The first-order valence-corrected chi connectivity index (χ1v) is 24.0. The summed E-state index contributed by atoms with van der Waals surface area (Å²) in [5.41, 5.74) is 0. The highest BCUT2D eigenvalue weighted by atomic mass is 16.2. The Labute approximate surface area is 386 Å². The van der Waals surface area contributed by atoms with E-state index in [-0.39, 0.29) is 62.7 Å². The first-order chi connectivity index (χ1) is 30.4. The second-order valence-electron chi connectivity index (χ2n) is 18.0. The van der Waals surface area contributed by atoms with Gasteiger partial charge in [0.1, 0.15) is 17.3 Å². The van der Waals surface area contributed by atoms with Crippen LogP contribution in [0.2, 0.25) is 0 Å². The zero-order valence-electron chi connectivity index (χ0n) is 41.5. The Hall–Kier alpha value is -3.80. The number of rotatable bonds is 40. The van der Waals surface area contributed by atoms with Gasteiger partial charge in [-0.25, -0.2) is 0 Å². The maximum Gasteiger partial charge on any atom is 0.224 e. The van der Waals surface area contributed by atoms with Crippen LogP contribution in [0.4, 0.5) is 0 Å². The summed E-state index contributed by atoms with van der Waals surface area (Å²) in [6.45, 7) is 14.0. The number of amides is 5. The number of unbranched alkanes of at least 4 members (excludes halogenated alkanes) is 3. The summed E-state index contributed by atoms with van der Waals surface area (Å²) in [4.78, 5) is 116. The zero-order valence-corrected chi connectivity index (χ0v) is 41.5. The maximum absolute atomic E-state index is 14.2. The number of Topliss-reactive ketones (excluding diaryl/α,β-unsaturated/α-hetero) is 3. The van der Waals surface area contributed by atoms with Gasteiger partial charge in [-0.1, -0.05) is 47.0 Å². The standard InChI is InChI=1S/C47H89N9O8/c1-11-15-18-48-43(60)34-37(30-40(57)29-36(14-4)45(62)50-19-16-12-2)42(59)33-38(46(63)52-22-24-56(10)28-26-54(7)8)31-41(58)32-39(47(64)51-20-17-13-3)35-44(61)49-21-23-55(9)27-25-53(5)6/h36-39H,11-35H2,1-10H3,(H,48,60)(H,49,61)(H,50,62)(H,51,64)(H,52,63). The molecule has 4 atom stereocenters. The van der Waals surface area contributed by atoms with Crippen molar-refractivity contribution in [3.05, 3.63) is 0 Å². The lowest BCUT2D eigenvalue weighted by Crippen LogP contribution is -2.41. The molecule has 0 saturated heterocycles. The summed E-state index contributed by atoms with van der Waals surface area (Å²) in [6.07, 6.45) is 3.24. The quantitative estimate of drug-likeness (QED) is 0.0562. The molecule has 0 spiro atoms. The second kappa shape index (κ2) is 36.4. The maximum atomic E-state index is 14.2. The zero-order chi connectivity index (χ0) is 48.5. The van der Waals surface area contributed by atoms with E-state index in [1.807, 2.05) is 79.8 Å². The Balaban J connectivity index is 6.42. The van der Waals surface area contributed by atoms with Crippen LogP contribution in [0.1, 0.15) is 118 Å². The normalized spacial score (nSPS) is 13.3. The number of carbonyl (C=O) groups is 8. The van der Waals surface area contributed by atoms with Crippen molar-refractivity contribution < 1.29 is 38.4 Å². The third-order valence-corrected chi connectivity index (χ3v) is 11.2. The summed E-state index contributed by atoms with van der Waals surface area (Å²) < 4.78 is 0. The fourth-order valence-corrected chi connectivity index (χ4v) is 6.84. The Kier molecular flexibility index (Phi) is 34.3. The minimum atomic E-state index is -1.16. The molecule has 4 unspecified atom stereocenters. The van der Waals surface area contributed by atoms with Gasteiger partial charge in [0, 0.05) is 129 Å². The molecule has 0 heterocycles. The fourth-order valence-electron chi connectivity index (χ4n) is 6.84. The number of likely N-dealkylation sites (N-methyl/N-ethyl adjacent to an activating group) is 4. The Bertz CT molecular complexity index is 1400. The van der Waals surface area contributed by atoms with Crippen molar-refractivity contribution in [3.63, 3.8) is 0 Å². The third-order valence-electron chi connectivity index (χ3n) is 11.2. The summed E-state index contributed by atoms with van der Waals surface area (Å²) in [5, 5.41) is 14.3. The molecule has 0 saturated carbocycles. The summed E-state index contributed by atoms with van der Waals surface area (Å²) >= 11 is 0. The summed E-state index contributed by atoms with van der Waals surface area (Å²) in [7, 11) is 11.8. The molecular formula is C47H89N9O8. The Morgan fingerprint density at radius 2 is 0.719 bits per heavy atom. The van der Waals surface area contributed by atoms with Gasteiger partial charge in [-0.05, 0) is 68.0 Å². The molecule has 0 aliphatic carbocycles. The SMILES string of the molecule is CCCCNC(=O)CC(CC(=O)CC(CC)C(=O)NCCCC)C(=O)CC(CC(=O)CC(CC(=O)NCCN(C)CCN(C)C)C(=O)NCCCC)C(=O)NCCN(C)CCN(C)C. The van der Waals surface area contributed by atoms with Crippen LogP contribution in [0, 0.1) is 23.7 Å². The average molecular weight is 908 g/mol. The van der Waals surface area contributed by atoms with E-state index in [1.54, 1.807) is 0 Å². The van der Waals surface area contributed by atoms with E-state index in [9.17, 15) is 38.4 Å². The van der Waals surface area contributed by atoms with E-state index in [4.69, 9.17) is 0 Å². The molecule has 0 aliphatic rings. The van der Waals surface area contributed by atoms with Crippen LogP contribution in [0.5, 0.6) is 0 Å². The number of nitrogens with one attached hydrogen (secondary N) is 5. The van der Waals surface area contributed by atoms with E-state index in [1.165, 1.54) is 0 Å². The number of ketones is 3. The van der Waals surface area contributed by atoms with Crippen LogP contribution in [0.15, 0.2) is 0 Å². The van der Waals surface area contributed by atoms with Crippen molar-refractivity contribution >= 4 is 46.9 Å². The number of carbonyl (C=O) groups excluding carboxylic acids is 8. The van der Waals surface area contributed by atoms with Crippen LogP contribution in [0.3, 0.4) is 0 Å². The Morgan fingerprint density at radius 1 is 0.375 bits per heavy atom. The molecule has 0 bridgehead atoms. The molecular weight excluding hydrogens is 819 g/mol. The van der Waals surface area contributed by atoms with E-state index in [0.717, 1.165) is 64.7 Å². The molecule has 370 valence electrons. The van der Waals surface area contributed by atoms with Crippen LogP contribution < -0.4 is 26.6 Å². The molecule has 5 N–H and O–H groups in total. The smallest absolute Gasteiger partial charge is 0.224 e. The van der Waals surface area contributed by atoms with E-state index >= 15 is 0 Å². The largest absolute Gasteiger partial charge is 0.356 e. The lowest BCUT2D eigenvalue weighted by molar-refractivity contribution is -0.137. The second-order valence-corrected chi connectivity index (χ2v) is 18.0. The molecule has 5 amide bonds. The number of hydrogen-bond acceptors (Lipinski definition) is 12. The van der Waals surface area contributed by atoms with E-state index < -0.39 is 59.4 Å². The summed E-state index contributed by atoms with van der Waals surface area (Å²) in [5.74, 6) is -7.13. The van der Waals surface area contributed by atoms with Gasteiger partial charge in [0.05, 0.1) is 11.8 Å². The molecule has 0 aromatic carbocycles. The van der Waals surface area contributed by atoms with Gasteiger partial charge in [-0.2, -0.15) is 0 Å². The van der Waals surface area contributed by atoms with Crippen molar-refractivity contribution in [1.29, 1.82) is 0 Å². The highest BCUT2D eigenvalue weighted by Crippen LogP contribution is 2.23. The predicted octanol–water partition coefficient (Wildman–Crippen LogP) is 2.27. The molecule has 0 aromatic rings. The van der Waals surface area contributed by atoms with Gasteiger partial charge < -0.3 is 46.2 Å². The van der Waals surface area contributed by atoms with Crippen molar-refractivity contribution in [2.24, 2.45) is 23.7 Å². The molecule has 0 aromatic heterocycles. The van der Waals surface area contributed by atoms with Gasteiger partial charge in [-0.15, -0.1) is 0 Å². The molecule has 0 radical (unpaired) electrons. The Morgan fingerprint density at radius 3 is 1.16 bits per heavy atom. The molecule has 64 heavy (non-hydrogen) atoms. The van der Waals surface area contributed by atoms with Crippen molar-refractivity contribution in [1.82, 2.24) is 46.2 Å². The topological polar surface area (TPSA) is 210 Å². The van der Waals surface area contributed by atoms with E-state index in [0.29, 0.717) is 45.7 Å². The first-order valence-electron chi connectivity index (χ1n) is 24.0. The molecule has 17 nitrogen and oxygen atoms in total. The lowest BCUT2D eigenvalue weighted by atomic mass is 9.83.